The minimum absolute atomic E-state index is 0.611. The van der Waals surface area contributed by atoms with Gasteiger partial charge in [-0.15, -0.1) is 10.6 Å². The van der Waals surface area contributed by atoms with Crippen molar-refractivity contribution in [3.05, 3.63) is 0 Å². The number of hydrogen-bond acceptors (Lipinski definition) is 5. The molecule has 0 aromatic rings. The Kier molecular flexibility index (Phi) is 2.41. The van der Waals surface area contributed by atoms with Crippen LogP contribution in [0.2, 0.25) is 0 Å². The second kappa shape index (κ2) is 3.53. The molecule has 0 saturated heterocycles. The molecule has 1 aliphatic carbocycles. The Hall–Kier alpha value is -0.420. The van der Waals surface area contributed by atoms with Crippen LogP contribution in [-0.4, -0.2) is 21.9 Å². The molecule has 2 aliphatic rings. The SMILES string of the molecule is SN1N=CN(C2CCCCC2)N1. The number of rotatable bonds is 1. The third-order valence-electron chi connectivity index (χ3n) is 2.46. The number of hydrogen-bond donors (Lipinski definition) is 2. The molecular formula is C7H14N4S. The van der Waals surface area contributed by atoms with Crippen LogP contribution in [0.15, 0.2) is 5.10 Å². The van der Waals surface area contributed by atoms with Crippen molar-refractivity contribution in [1.29, 1.82) is 0 Å². The Morgan fingerprint density at radius 1 is 1.33 bits per heavy atom. The first kappa shape index (κ1) is 8.19. The van der Waals surface area contributed by atoms with Gasteiger partial charge in [-0.25, -0.2) is 0 Å². The van der Waals surface area contributed by atoms with Crippen LogP contribution in [0.25, 0.3) is 0 Å². The highest BCUT2D eigenvalue weighted by molar-refractivity contribution is 7.77. The molecule has 0 amide bonds. The van der Waals surface area contributed by atoms with Gasteiger partial charge in [0.2, 0.25) is 0 Å². The summed E-state index contributed by atoms with van der Waals surface area (Å²) in [4.78, 5) is 0. The lowest BCUT2D eigenvalue weighted by molar-refractivity contribution is 0.139. The van der Waals surface area contributed by atoms with E-state index in [-0.39, 0.29) is 0 Å². The molecule has 1 fully saturated rings. The topological polar surface area (TPSA) is 30.9 Å². The number of nitrogens with zero attached hydrogens (tertiary/aromatic N) is 3. The highest BCUT2D eigenvalue weighted by Crippen LogP contribution is 2.21. The van der Waals surface area contributed by atoms with Crippen molar-refractivity contribution >= 4 is 19.2 Å². The van der Waals surface area contributed by atoms with Gasteiger partial charge in [0.15, 0.2) is 0 Å². The van der Waals surface area contributed by atoms with Gasteiger partial charge in [-0.05, 0) is 25.7 Å². The van der Waals surface area contributed by atoms with Gasteiger partial charge < -0.3 is 0 Å². The second-order valence-corrected chi connectivity index (χ2v) is 3.70. The average molecular weight is 186 g/mol. The summed E-state index contributed by atoms with van der Waals surface area (Å²) in [5.41, 5.74) is 3.03. The molecule has 12 heavy (non-hydrogen) atoms. The molecule has 5 heteroatoms. The average Bonchev–Trinajstić information content (AvgIpc) is 2.54. The Labute approximate surface area is 78.1 Å². The predicted molar refractivity (Wildman–Crippen MR) is 51.2 cm³/mol. The molecule has 1 heterocycles. The smallest absolute Gasteiger partial charge is 0.130 e. The maximum absolute atomic E-state index is 4.05. The maximum Gasteiger partial charge on any atom is 0.130 e. The highest BCUT2D eigenvalue weighted by atomic mass is 32.1. The fourth-order valence-corrected chi connectivity index (χ4v) is 1.94. The van der Waals surface area contributed by atoms with E-state index < -0.39 is 0 Å². The van der Waals surface area contributed by atoms with Crippen LogP contribution in [0, 0.1) is 0 Å². The molecule has 4 nitrogen and oxygen atoms in total. The molecule has 68 valence electrons. The fourth-order valence-electron chi connectivity index (χ4n) is 1.79. The lowest BCUT2D eigenvalue weighted by Crippen LogP contribution is -2.44. The van der Waals surface area contributed by atoms with Crippen LogP contribution >= 0.6 is 12.8 Å². The molecule has 0 aromatic heterocycles. The number of hydrazone groups is 1. The zero-order valence-corrected chi connectivity index (χ0v) is 7.87. The summed E-state index contributed by atoms with van der Waals surface area (Å²) < 4.78 is 1.44. The monoisotopic (exact) mass is 186 g/mol. The van der Waals surface area contributed by atoms with E-state index in [1.165, 1.54) is 36.6 Å². The van der Waals surface area contributed by atoms with E-state index in [1.54, 1.807) is 0 Å². The van der Waals surface area contributed by atoms with E-state index in [0.29, 0.717) is 6.04 Å². The summed E-state index contributed by atoms with van der Waals surface area (Å²) in [5, 5.41) is 6.03. The van der Waals surface area contributed by atoms with Gasteiger partial charge >= 0.3 is 0 Å². The lowest BCUT2D eigenvalue weighted by Gasteiger charge is -2.29. The largest absolute Gasteiger partial charge is 0.274 e. The standard InChI is InChI=1S/C7H14N4S/c12-11-8-6-10(9-11)7-4-2-1-3-5-7/h6-7,9,12H,1-5H2. The van der Waals surface area contributed by atoms with Crippen LogP contribution < -0.4 is 5.53 Å². The van der Waals surface area contributed by atoms with E-state index in [4.69, 9.17) is 0 Å². The minimum atomic E-state index is 0.611. The first-order valence-corrected chi connectivity index (χ1v) is 4.84. The Bertz CT molecular complexity index is 178. The molecule has 0 bridgehead atoms. The van der Waals surface area contributed by atoms with E-state index in [0.717, 1.165) is 0 Å². The highest BCUT2D eigenvalue weighted by Gasteiger charge is 2.22. The minimum Gasteiger partial charge on any atom is -0.274 e. The Morgan fingerprint density at radius 3 is 2.67 bits per heavy atom. The molecule has 0 unspecified atom stereocenters. The zero-order valence-electron chi connectivity index (χ0n) is 6.98. The quantitative estimate of drug-likeness (QED) is 0.602. The van der Waals surface area contributed by atoms with Crippen LogP contribution in [0.5, 0.6) is 0 Å². The van der Waals surface area contributed by atoms with Crippen molar-refractivity contribution in [3.8, 4) is 0 Å². The molecule has 0 radical (unpaired) electrons. The Morgan fingerprint density at radius 2 is 2.08 bits per heavy atom. The van der Waals surface area contributed by atoms with Gasteiger partial charge in [0.05, 0.1) is 0 Å². The van der Waals surface area contributed by atoms with E-state index in [1.807, 2.05) is 11.3 Å². The van der Waals surface area contributed by atoms with Gasteiger partial charge in [0, 0.05) is 6.04 Å². The summed E-state index contributed by atoms with van der Waals surface area (Å²) in [6.07, 6.45) is 8.39. The van der Waals surface area contributed by atoms with E-state index in [9.17, 15) is 0 Å². The molecule has 0 atom stereocenters. The summed E-state index contributed by atoms with van der Waals surface area (Å²) in [7, 11) is 0. The van der Waals surface area contributed by atoms with Crippen LogP contribution in [0.4, 0.5) is 0 Å². The van der Waals surface area contributed by atoms with E-state index >= 15 is 0 Å². The molecule has 1 N–H and O–H groups in total. The Balaban J connectivity index is 1.87. The van der Waals surface area contributed by atoms with Crippen LogP contribution in [0.3, 0.4) is 0 Å². The van der Waals surface area contributed by atoms with E-state index in [2.05, 4.69) is 23.5 Å². The van der Waals surface area contributed by atoms with Crippen molar-refractivity contribution in [3.63, 3.8) is 0 Å². The van der Waals surface area contributed by atoms with Gasteiger partial charge in [0.25, 0.3) is 0 Å². The van der Waals surface area contributed by atoms with Crippen LogP contribution in [-0.2, 0) is 0 Å². The van der Waals surface area contributed by atoms with Gasteiger partial charge in [-0.3, -0.25) is 5.01 Å². The van der Waals surface area contributed by atoms with Crippen molar-refractivity contribution in [2.24, 2.45) is 5.10 Å². The molecule has 0 aromatic carbocycles. The van der Waals surface area contributed by atoms with Gasteiger partial charge in [-0.2, -0.15) is 4.52 Å². The van der Waals surface area contributed by atoms with Crippen molar-refractivity contribution in [2.45, 2.75) is 38.1 Å². The molecule has 0 spiro atoms. The zero-order chi connectivity index (χ0) is 8.39. The normalized spacial score (nSPS) is 25.4. The summed E-state index contributed by atoms with van der Waals surface area (Å²) in [5.74, 6) is 0. The van der Waals surface area contributed by atoms with Crippen molar-refractivity contribution in [2.75, 3.05) is 0 Å². The molecular weight excluding hydrogens is 172 g/mol. The predicted octanol–water partition coefficient (Wildman–Crippen LogP) is 1.14. The second-order valence-electron chi connectivity index (χ2n) is 3.32. The van der Waals surface area contributed by atoms with Crippen LogP contribution in [0.1, 0.15) is 32.1 Å². The summed E-state index contributed by atoms with van der Waals surface area (Å²) >= 11 is 4.05. The van der Waals surface area contributed by atoms with Gasteiger partial charge in [0.1, 0.15) is 6.34 Å². The summed E-state index contributed by atoms with van der Waals surface area (Å²) in [6.45, 7) is 0. The maximum atomic E-state index is 4.05. The number of thiol groups is 1. The third-order valence-corrected chi connectivity index (χ3v) is 2.65. The first-order valence-electron chi connectivity index (χ1n) is 4.44. The molecule has 2 rings (SSSR count). The van der Waals surface area contributed by atoms with Crippen molar-refractivity contribution in [1.82, 2.24) is 15.1 Å². The summed E-state index contributed by atoms with van der Waals surface area (Å²) in [6, 6.07) is 0.611. The van der Waals surface area contributed by atoms with Gasteiger partial charge in [-0.1, -0.05) is 19.3 Å². The third kappa shape index (κ3) is 1.67. The lowest BCUT2D eigenvalue weighted by atomic mass is 9.95. The van der Waals surface area contributed by atoms with Crippen molar-refractivity contribution < 1.29 is 0 Å². The fraction of sp³-hybridized carbons (Fsp3) is 0.857. The number of hydrazine groups is 2. The first-order chi connectivity index (χ1) is 5.86. The molecule has 1 saturated carbocycles. The number of nitrogens with one attached hydrogen (secondary N) is 1. The molecule has 1 aliphatic heterocycles.